The normalized spacial score (nSPS) is 20.4. The third-order valence-corrected chi connectivity index (χ3v) is 3.91. The third-order valence-electron chi connectivity index (χ3n) is 3.91. The van der Waals surface area contributed by atoms with Crippen molar-refractivity contribution in [3.63, 3.8) is 0 Å². The average molecular weight is 243 g/mol. The number of aromatic amines is 1. The summed E-state index contributed by atoms with van der Waals surface area (Å²) in [4.78, 5) is 8.27. The zero-order chi connectivity index (χ0) is 12.4. The number of rotatable bonds is 3. The SMILES string of the molecule is CCc1cccc2[nH]c(CC3CCCNC3)nc12. The van der Waals surface area contributed by atoms with Crippen molar-refractivity contribution in [2.75, 3.05) is 13.1 Å². The van der Waals surface area contributed by atoms with Gasteiger partial charge in [0.25, 0.3) is 0 Å². The van der Waals surface area contributed by atoms with Crippen LogP contribution in [0.1, 0.15) is 31.2 Å². The van der Waals surface area contributed by atoms with Crippen molar-refractivity contribution in [2.45, 2.75) is 32.6 Å². The fourth-order valence-corrected chi connectivity index (χ4v) is 2.90. The number of hydrogen-bond donors (Lipinski definition) is 2. The molecule has 2 heterocycles. The summed E-state index contributed by atoms with van der Waals surface area (Å²) in [7, 11) is 0. The van der Waals surface area contributed by atoms with E-state index in [9.17, 15) is 0 Å². The van der Waals surface area contributed by atoms with Crippen molar-refractivity contribution >= 4 is 11.0 Å². The predicted octanol–water partition coefficient (Wildman–Crippen LogP) is 2.67. The Balaban J connectivity index is 1.84. The van der Waals surface area contributed by atoms with E-state index < -0.39 is 0 Å². The zero-order valence-corrected chi connectivity index (χ0v) is 11.0. The van der Waals surface area contributed by atoms with E-state index in [1.165, 1.54) is 36.0 Å². The maximum Gasteiger partial charge on any atom is 0.107 e. The molecule has 1 atom stereocenters. The van der Waals surface area contributed by atoms with E-state index in [-0.39, 0.29) is 0 Å². The van der Waals surface area contributed by atoms with Crippen molar-refractivity contribution in [1.29, 1.82) is 0 Å². The largest absolute Gasteiger partial charge is 0.342 e. The second kappa shape index (κ2) is 5.11. The van der Waals surface area contributed by atoms with Gasteiger partial charge >= 0.3 is 0 Å². The van der Waals surface area contributed by atoms with Crippen LogP contribution in [0.5, 0.6) is 0 Å². The van der Waals surface area contributed by atoms with Crippen LogP contribution in [-0.4, -0.2) is 23.1 Å². The molecule has 0 radical (unpaired) electrons. The van der Waals surface area contributed by atoms with E-state index in [2.05, 4.69) is 35.4 Å². The first-order valence-electron chi connectivity index (χ1n) is 7.04. The molecule has 3 rings (SSSR count). The zero-order valence-electron chi connectivity index (χ0n) is 11.0. The van der Waals surface area contributed by atoms with Gasteiger partial charge in [-0.3, -0.25) is 0 Å². The molecule has 18 heavy (non-hydrogen) atoms. The molecule has 1 aliphatic heterocycles. The molecule has 2 aromatic rings. The van der Waals surface area contributed by atoms with Gasteiger partial charge in [0, 0.05) is 6.42 Å². The van der Waals surface area contributed by atoms with Crippen LogP contribution in [0.15, 0.2) is 18.2 Å². The Morgan fingerprint density at radius 3 is 3.11 bits per heavy atom. The highest BCUT2D eigenvalue weighted by molar-refractivity contribution is 5.78. The molecule has 1 saturated heterocycles. The fourth-order valence-electron chi connectivity index (χ4n) is 2.90. The topological polar surface area (TPSA) is 40.7 Å². The Kier molecular flexibility index (Phi) is 3.33. The molecule has 1 aromatic carbocycles. The van der Waals surface area contributed by atoms with Gasteiger partial charge in [0.1, 0.15) is 5.82 Å². The van der Waals surface area contributed by atoms with Gasteiger partial charge in [0.05, 0.1) is 11.0 Å². The number of H-pyrrole nitrogens is 1. The molecule has 2 N–H and O–H groups in total. The number of piperidine rings is 1. The molecule has 1 fully saturated rings. The summed E-state index contributed by atoms with van der Waals surface area (Å²) >= 11 is 0. The Hall–Kier alpha value is -1.35. The van der Waals surface area contributed by atoms with Gasteiger partial charge in [-0.25, -0.2) is 4.98 Å². The molecule has 1 unspecified atom stereocenters. The fraction of sp³-hybridized carbons (Fsp3) is 0.533. The number of benzene rings is 1. The molecule has 0 bridgehead atoms. The summed E-state index contributed by atoms with van der Waals surface area (Å²) in [6.45, 7) is 4.50. The molecule has 0 spiro atoms. The number of nitrogens with zero attached hydrogens (tertiary/aromatic N) is 1. The third kappa shape index (κ3) is 2.27. The first-order chi connectivity index (χ1) is 8.86. The molecule has 0 amide bonds. The quantitative estimate of drug-likeness (QED) is 0.870. The number of para-hydroxylation sites is 1. The van der Waals surface area contributed by atoms with Crippen molar-refractivity contribution < 1.29 is 0 Å². The summed E-state index contributed by atoms with van der Waals surface area (Å²) in [5, 5.41) is 3.47. The number of hydrogen-bond acceptors (Lipinski definition) is 2. The van der Waals surface area contributed by atoms with Crippen LogP contribution in [0.3, 0.4) is 0 Å². The number of nitrogens with one attached hydrogen (secondary N) is 2. The van der Waals surface area contributed by atoms with E-state index in [0.29, 0.717) is 0 Å². The van der Waals surface area contributed by atoms with E-state index in [1.54, 1.807) is 0 Å². The van der Waals surface area contributed by atoms with E-state index in [0.717, 1.165) is 31.1 Å². The molecule has 3 heteroatoms. The molecule has 1 aliphatic rings. The van der Waals surface area contributed by atoms with Crippen LogP contribution in [0.2, 0.25) is 0 Å². The lowest BCUT2D eigenvalue weighted by Crippen LogP contribution is -2.31. The Bertz CT molecular complexity index is 524. The molecular formula is C15H21N3. The highest BCUT2D eigenvalue weighted by Crippen LogP contribution is 2.20. The van der Waals surface area contributed by atoms with Gasteiger partial charge in [-0.15, -0.1) is 0 Å². The van der Waals surface area contributed by atoms with Crippen LogP contribution in [-0.2, 0) is 12.8 Å². The number of imidazole rings is 1. The Labute approximate surface area is 108 Å². The lowest BCUT2D eigenvalue weighted by Gasteiger charge is -2.21. The minimum absolute atomic E-state index is 0.740. The second-order valence-electron chi connectivity index (χ2n) is 5.27. The van der Waals surface area contributed by atoms with Crippen LogP contribution >= 0.6 is 0 Å². The molecule has 96 valence electrons. The Morgan fingerprint density at radius 1 is 1.39 bits per heavy atom. The minimum Gasteiger partial charge on any atom is -0.342 e. The van der Waals surface area contributed by atoms with E-state index in [4.69, 9.17) is 4.98 Å². The lowest BCUT2D eigenvalue weighted by molar-refractivity contribution is 0.371. The van der Waals surface area contributed by atoms with Crippen LogP contribution in [0.25, 0.3) is 11.0 Å². The maximum atomic E-state index is 4.79. The van der Waals surface area contributed by atoms with E-state index in [1.807, 2.05) is 0 Å². The summed E-state index contributed by atoms with van der Waals surface area (Å²) in [6.07, 6.45) is 4.74. The number of aryl methyl sites for hydroxylation is 1. The van der Waals surface area contributed by atoms with Gasteiger partial charge in [0.15, 0.2) is 0 Å². The summed E-state index contributed by atoms with van der Waals surface area (Å²) in [6, 6.07) is 6.42. The molecule has 3 nitrogen and oxygen atoms in total. The monoisotopic (exact) mass is 243 g/mol. The summed E-state index contributed by atoms with van der Waals surface area (Å²) in [5.74, 6) is 1.89. The van der Waals surface area contributed by atoms with Crippen molar-refractivity contribution in [2.24, 2.45) is 5.92 Å². The van der Waals surface area contributed by atoms with Crippen molar-refractivity contribution in [1.82, 2.24) is 15.3 Å². The highest BCUT2D eigenvalue weighted by Gasteiger charge is 2.15. The summed E-state index contributed by atoms with van der Waals surface area (Å²) in [5.41, 5.74) is 3.70. The molecular weight excluding hydrogens is 222 g/mol. The van der Waals surface area contributed by atoms with Gasteiger partial charge in [-0.1, -0.05) is 19.1 Å². The summed E-state index contributed by atoms with van der Waals surface area (Å²) < 4.78 is 0. The smallest absolute Gasteiger partial charge is 0.107 e. The maximum absolute atomic E-state index is 4.79. The van der Waals surface area contributed by atoms with Gasteiger partial charge < -0.3 is 10.3 Å². The highest BCUT2D eigenvalue weighted by atomic mass is 14.9. The first kappa shape index (κ1) is 11.7. The molecule has 0 aliphatic carbocycles. The number of fused-ring (bicyclic) bond motifs is 1. The standard InChI is InChI=1S/C15H21N3/c1-2-12-6-3-7-13-15(12)18-14(17-13)9-11-5-4-8-16-10-11/h3,6-7,11,16H,2,4-5,8-10H2,1H3,(H,17,18). The van der Waals surface area contributed by atoms with Crippen LogP contribution < -0.4 is 5.32 Å². The van der Waals surface area contributed by atoms with Gasteiger partial charge in [-0.05, 0) is 49.9 Å². The average Bonchev–Trinajstić information content (AvgIpc) is 2.82. The molecule has 1 aromatic heterocycles. The Morgan fingerprint density at radius 2 is 2.33 bits per heavy atom. The van der Waals surface area contributed by atoms with Crippen molar-refractivity contribution in [3.05, 3.63) is 29.6 Å². The lowest BCUT2D eigenvalue weighted by atomic mass is 9.96. The van der Waals surface area contributed by atoms with Gasteiger partial charge in [0.2, 0.25) is 0 Å². The van der Waals surface area contributed by atoms with Crippen molar-refractivity contribution in [3.8, 4) is 0 Å². The number of aromatic nitrogens is 2. The van der Waals surface area contributed by atoms with Gasteiger partial charge in [-0.2, -0.15) is 0 Å². The predicted molar refractivity (Wildman–Crippen MR) is 74.8 cm³/mol. The first-order valence-corrected chi connectivity index (χ1v) is 7.04. The van der Waals surface area contributed by atoms with E-state index >= 15 is 0 Å². The van der Waals surface area contributed by atoms with Crippen LogP contribution in [0, 0.1) is 5.92 Å². The second-order valence-corrected chi connectivity index (χ2v) is 5.27. The molecule has 0 saturated carbocycles. The minimum atomic E-state index is 0.740. The van der Waals surface area contributed by atoms with Crippen LogP contribution in [0.4, 0.5) is 0 Å².